The molecule has 2 atom stereocenters. The van der Waals surface area contributed by atoms with Gasteiger partial charge in [-0.25, -0.2) is 8.78 Å². The van der Waals surface area contributed by atoms with Gasteiger partial charge in [-0.2, -0.15) is 0 Å². The van der Waals surface area contributed by atoms with E-state index in [9.17, 15) is 8.78 Å². The average Bonchev–Trinajstić information content (AvgIpc) is 2.53. The molecule has 23 heavy (non-hydrogen) atoms. The van der Waals surface area contributed by atoms with Crippen molar-refractivity contribution < 1.29 is 13.9 Å². The van der Waals surface area contributed by atoms with Gasteiger partial charge in [-0.05, 0) is 58.0 Å². The lowest BCUT2D eigenvalue weighted by Gasteiger charge is -2.41. The number of hydrogen-bond acceptors (Lipinski definition) is 3. The van der Waals surface area contributed by atoms with Crippen LogP contribution in [0.2, 0.25) is 5.02 Å². The Bertz CT molecular complexity index is 528. The molecule has 3 nitrogen and oxygen atoms in total. The molecule has 0 unspecified atom stereocenters. The summed E-state index contributed by atoms with van der Waals surface area (Å²) in [5, 5.41) is 9.04. The summed E-state index contributed by atoms with van der Waals surface area (Å²) in [6.45, 7) is 1.97. The SMILES string of the molecule is CN(C)[C@@H]1CCN(Cc2c(F)ccc(Cl)c2F)C[C@@H]1CCCO. The maximum atomic E-state index is 14.1. The Morgan fingerprint density at radius 1 is 1.35 bits per heavy atom. The summed E-state index contributed by atoms with van der Waals surface area (Å²) in [5.41, 5.74) is 0.0433. The van der Waals surface area contributed by atoms with E-state index in [1.807, 2.05) is 0 Å². The Kier molecular flexibility index (Phi) is 6.77. The molecule has 1 aliphatic heterocycles. The molecule has 6 heteroatoms. The number of benzene rings is 1. The normalized spacial score (nSPS) is 22.7. The van der Waals surface area contributed by atoms with Crippen LogP contribution in [-0.4, -0.2) is 54.7 Å². The third-order valence-corrected chi connectivity index (χ3v) is 4.99. The van der Waals surface area contributed by atoms with E-state index in [0.29, 0.717) is 12.0 Å². The highest BCUT2D eigenvalue weighted by atomic mass is 35.5. The standard InChI is InChI=1S/C17H25ClF2N2O/c1-21(2)16-7-8-22(10-12(16)4-3-9-23)11-13-15(19)6-5-14(18)17(13)20/h5-6,12,16,23H,3-4,7-11H2,1-2H3/t12-,16+/m0/s1. The molecule has 1 N–H and O–H groups in total. The fraction of sp³-hybridized carbons (Fsp3) is 0.647. The Balaban J connectivity index is 2.08. The lowest BCUT2D eigenvalue weighted by molar-refractivity contribution is 0.0705. The molecular weight excluding hydrogens is 322 g/mol. The Morgan fingerprint density at radius 3 is 2.74 bits per heavy atom. The second kappa shape index (κ2) is 8.38. The van der Waals surface area contributed by atoms with Crippen LogP contribution in [0.4, 0.5) is 8.78 Å². The molecule has 0 aromatic heterocycles. The summed E-state index contributed by atoms with van der Waals surface area (Å²) in [5.74, 6) is -0.821. The second-order valence-corrected chi connectivity index (χ2v) is 6.91. The van der Waals surface area contributed by atoms with Crippen LogP contribution in [0.3, 0.4) is 0 Å². The number of piperidine rings is 1. The van der Waals surface area contributed by atoms with Crippen molar-refractivity contribution in [1.82, 2.24) is 9.80 Å². The molecule has 1 heterocycles. The van der Waals surface area contributed by atoms with E-state index in [0.717, 1.165) is 32.4 Å². The fourth-order valence-electron chi connectivity index (χ4n) is 3.49. The predicted molar refractivity (Wildman–Crippen MR) is 88.5 cm³/mol. The summed E-state index contributed by atoms with van der Waals surface area (Å²) in [4.78, 5) is 4.29. The smallest absolute Gasteiger partial charge is 0.149 e. The van der Waals surface area contributed by atoms with Gasteiger partial charge in [0.25, 0.3) is 0 Å². The zero-order valence-electron chi connectivity index (χ0n) is 13.7. The molecule has 1 fully saturated rings. The van der Waals surface area contributed by atoms with Crippen molar-refractivity contribution in [2.24, 2.45) is 5.92 Å². The van der Waals surface area contributed by atoms with Gasteiger partial charge in [-0.1, -0.05) is 11.6 Å². The molecule has 0 radical (unpaired) electrons. The summed E-state index contributed by atoms with van der Waals surface area (Å²) in [6.07, 6.45) is 2.62. The van der Waals surface area contributed by atoms with Crippen LogP contribution < -0.4 is 0 Å². The molecular formula is C17H25ClF2N2O. The monoisotopic (exact) mass is 346 g/mol. The fourth-order valence-corrected chi connectivity index (χ4v) is 3.67. The van der Waals surface area contributed by atoms with Crippen molar-refractivity contribution in [2.75, 3.05) is 33.8 Å². The number of hydrogen-bond donors (Lipinski definition) is 1. The average molecular weight is 347 g/mol. The molecule has 0 aliphatic carbocycles. The molecule has 1 aliphatic rings. The van der Waals surface area contributed by atoms with E-state index in [1.54, 1.807) is 0 Å². The minimum atomic E-state index is -0.659. The lowest BCUT2D eigenvalue weighted by Crippen LogP contribution is -2.48. The minimum Gasteiger partial charge on any atom is -0.396 e. The van der Waals surface area contributed by atoms with E-state index in [4.69, 9.17) is 16.7 Å². The van der Waals surface area contributed by atoms with Crippen LogP contribution in [0.5, 0.6) is 0 Å². The number of aliphatic hydroxyl groups excluding tert-OH is 1. The highest BCUT2D eigenvalue weighted by Crippen LogP contribution is 2.28. The van der Waals surface area contributed by atoms with Gasteiger partial charge in [0, 0.05) is 31.3 Å². The van der Waals surface area contributed by atoms with Gasteiger partial charge in [-0.3, -0.25) is 4.90 Å². The first kappa shape index (κ1) is 18.6. The second-order valence-electron chi connectivity index (χ2n) is 6.50. The molecule has 1 aromatic carbocycles. The summed E-state index contributed by atoms with van der Waals surface area (Å²) in [7, 11) is 4.12. The number of aliphatic hydroxyl groups is 1. The largest absolute Gasteiger partial charge is 0.396 e. The molecule has 0 amide bonds. The number of halogens is 3. The molecule has 0 spiro atoms. The van der Waals surface area contributed by atoms with Crippen LogP contribution >= 0.6 is 11.6 Å². The first-order chi connectivity index (χ1) is 10.9. The van der Waals surface area contributed by atoms with E-state index >= 15 is 0 Å². The molecule has 1 aromatic rings. The minimum absolute atomic E-state index is 0.0404. The topological polar surface area (TPSA) is 26.7 Å². The van der Waals surface area contributed by atoms with Crippen molar-refractivity contribution in [3.63, 3.8) is 0 Å². The van der Waals surface area contributed by atoms with E-state index in [2.05, 4.69) is 23.9 Å². The third kappa shape index (κ3) is 4.63. The van der Waals surface area contributed by atoms with Gasteiger partial charge >= 0.3 is 0 Å². The Morgan fingerprint density at radius 2 is 2.09 bits per heavy atom. The summed E-state index contributed by atoms with van der Waals surface area (Å²) in [6, 6.07) is 2.90. The third-order valence-electron chi connectivity index (χ3n) is 4.69. The quantitative estimate of drug-likeness (QED) is 0.802. The van der Waals surface area contributed by atoms with Gasteiger partial charge in [-0.15, -0.1) is 0 Å². The number of likely N-dealkylation sites (tertiary alicyclic amines) is 1. The Labute approximate surface area is 141 Å². The number of nitrogens with zero attached hydrogens (tertiary/aromatic N) is 2. The van der Waals surface area contributed by atoms with Crippen LogP contribution in [0.25, 0.3) is 0 Å². The van der Waals surface area contributed by atoms with Gasteiger partial charge in [0.15, 0.2) is 0 Å². The maximum Gasteiger partial charge on any atom is 0.149 e. The van der Waals surface area contributed by atoms with Gasteiger partial charge in [0.05, 0.1) is 5.02 Å². The van der Waals surface area contributed by atoms with E-state index < -0.39 is 11.6 Å². The van der Waals surface area contributed by atoms with Crippen molar-refractivity contribution >= 4 is 11.6 Å². The predicted octanol–water partition coefficient (Wildman–Crippen LogP) is 3.14. The number of rotatable bonds is 6. The van der Waals surface area contributed by atoms with E-state index in [1.165, 1.54) is 12.1 Å². The summed E-state index contributed by atoms with van der Waals surface area (Å²) < 4.78 is 28.0. The highest BCUT2D eigenvalue weighted by molar-refractivity contribution is 6.30. The molecule has 0 bridgehead atoms. The molecule has 1 saturated heterocycles. The maximum absolute atomic E-state index is 14.1. The van der Waals surface area contributed by atoms with Crippen molar-refractivity contribution in [1.29, 1.82) is 0 Å². The van der Waals surface area contributed by atoms with Crippen LogP contribution in [-0.2, 0) is 6.54 Å². The van der Waals surface area contributed by atoms with Crippen LogP contribution in [0.1, 0.15) is 24.8 Å². The van der Waals surface area contributed by atoms with Crippen molar-refractivity contribution in [3.8, 4) is 0 Å². The Hall–Kier alpha value is -0.750. The van der Waals surface area contributed by atoms with Gasteiger partial charge in [0.1, 0.15) is 11.6 Å². The first-order valence-electron chi connectivity index (χ1n) is 8.06. The lowest BCUT2D eigenvalue weighted by atomic mass is 9.87. The van der Waals surface area contributed by atoms with E-state index in [-0.39, 0.29) is 23.7 Å². The van der Waals surface area contributed by atoms with Gasteiger partial charge < -0.3 is 10.0 Å². The molecule has 2 rings (SSSR count). The van der Waals surface area contributed by atoms with Crippen LogP contribution in [0, 0.1) is 17.6 Å². The highest BCUT2D eigenvalue weighted by Gasteiger charge is 2.31. The summed E-state index contributed by atoms with van der Waals surface area (Å²) >= 11 is 5.77. The molecule has 0 saturated carbocycles. The van der Waals surface area contributed by atoms with Crippen LogP contribution in [0.15, 0.2) is 12.1 Å². The first-order valence-corrected chi connectivity index (χ1v) is 8.43. The van der Waals surface area contributed by atoms with Gasteiger partial charge in [0.2, 0.25) is 0 Å². The zero-order valence-corrected chi connectivity index (χ0v) is 14.5. The zero-order chi connectivity index (χ0) is 17.0. The van der Waals surface area contributed by atoms with Crippen molar-refractivity contribution in [2.45, 2.75) is 31.8 Å². The molecule has 130 valence electrons. The van der Waals surface area contributed by atoms with Crippen molar-refractivity contribution in [3.05, 3.63) is 34.4 Å².